The van der Waals surface area contributed by atoms with Crippen molar-refractivity contribution in [2.24, 2.45) is 0 Å². The van der Waals surface area contributed by atoms with E-state index < -0.39 is 18.1 Å². The zero-order valence-corrected chi connectivity index (χ0v) is 18.1. The first-order valence-electron chi connectivity index (χ1n) is 10.1. The molecule has 0 bridgehead atoms. The summed E-state index contributed by atoms with van der Waals surface area (Å²) in [6.07, 6.45) is 3.47. The molecule has 6 heteroatoms. The van der Waals surface area contributed by atoms with Crippen molar-refractivity contribution in [2.45, 2.75) is 38.5 Å². The second-order valence-corrected chi connectivity index (χ2v) is 7.89. The number of hydrogen-bond acceptors (Lipinski definition) is 4. The van der Waals surface area contributed by atoms with Crippen molar-refractivity contribution < 1.29 is 19.1 Å². The van der Waals surface area contributed by atoms with Crippen molar-refractivity contribution in [1.82, 2.24) is 9.88 Å². The molecule has 1 amide bonds. The number of ether oxygens (including phenoxy) is 2. The average Bonchev–Trinajstić information content (AvgIpc) is 3.17. The summed E-state index contributed by atoms with van der Waals surface area (Å²) < 4.78 is 12.3. The molecule has 3 rings (SSSR count). The Bertz CT molecular complexity index is 1070. The van der Waals surface area contributed by atoms with Crippen LogP contribution >= 0.6 is 0 Å². The molecule has 0 aliphatic heterocycles. The van der Waals surface area contributed by atoms with Crippen LogP contribution in [0.4, 0.5) is 4.79 Å². The first-order chi connectivity index (χ1) is 14.9. The van der Waals surface area contributed by atoms with E-state index in [1.807, 2.05) is 66.9 Å². The zero-order chi connectivity index (χ0) is 22.4. The molecule has 0 saturated carbocycles. The molecule has 0 aliphatic carbocycles. The predicted molar refractivity (Wildman–Crippen MR) is 121 cm³/mol. The van der Waals surface area contributed by atoms with E-state index in [4.69, 9.17) is 9.47 Å². The maximum Gasteiger partial charge on any atom is 0.408 e. The molecular weight excluding hydrogens is 392 g/mol. The molecule has 0 aliphatic rings. The molecule has 162 valence electrons. The number of amides is 1. The Hall–Kier alpha value is -3.54. The number of para-hydroxylation sites is 1. The van der Waals surface area contributed by atoms with E-state index in [1.54, 1.807) is 0 Å². The summed E-state index contributed by atoms with van der Waals surface area (Å²) in [5, 5.41) is 3.65. The lowest BCUT2D eigenvalue weighted by Gasteiger charge is -2.24. The van der Waals surface area contributed by atoms with Crippen molar-refractivity contribution in [3.8, 4) is 0 Å². The summed E-state index contributed by atoms with van der Waals surface area (Å²) in [5.74, 6) is -0.531. The Morgan fingerprint density at radius 1 is 1.13 bits per heavy atom. The molecule has 1 N–H and O–H groups in total. The Kier molecular flexibility index (Phi) is 6.80. The van der Waals surface area contributed by atoms with Crippen molar-refractivity contribution in [1.29, 1.82) is 0 Å². The van der Waals surface area contributed by atoms with Gasteiger partial charge in [-0.1, -0.05) is 54.6 Å². The van der Waals surface area contributed by atoms with Gasteiger partial charge in [-0.05, 0) is 31.0 Å². The molecule has 0 saturated heterocycles. The van der Waals surface area contributed by atoms with Crippen LogP contribution < -0.4 is 5.32 Å². The maximum absolute atomic E-state index is 12.4. The first kappa shape index (κ1) is 22.2. The number of fused-ring (bicyclic) bond motifs is 1. The minimum Gasteiger partial charge on any atom is -0.467 e. The third-order valence-corrected chi connectivity index (χ3v) is 5.33. The minimum absolute atomic E-state index is 0.118. The lowest BCUT2D eigenvalue weighted by molar-refractivity contribution is -0.142. The number of carbonyl (C=O) groups is 2. The SMILES string of the molecule is C=CC(C)(C)n1cc(CC(NC(=O)OCc2ccccc2)C(=O)OC)c2ccccc21. The van der Waals surface area contributed by atoms with Gasteiger partial charge in [0, 0.05) is 23.5 Å². The summed E-state index contributed by atoms with van der Waals surface area (Å²) in [4.78, 5) is 24.8. The van der Waals surface area contributed by atoms with E-state index in [0.29, 0.717) is 0 Å². The van der Waals surface area contributed by atoms with Gasteiger partial charge in [-0.2, -0.15) is 0 Å². The number of carbonyl (C=O) groups excluding carboxylic acids is 2. The minimum atomic E-state index is -0.876. The molecule has 0 radical (unpaired) electrons. The normalized spacial score (nSPS) is 12.2. The lowest BCUT2D eigenvalue weighted by Crippen LogP contribution is -2.43. The van der Waals surface area contributed by atoms with E-state index in [1.165, 1.54) is 7.11 Å². The highest BCUT2D eigenvalue weighted by Crippen LogP contribution is 2.29. The number of hydrogen-bond donors (Lipinski definition) is 1. The van der Waals surface area contributed by atoms with E-state index in [9.17, 15) is 9.59 Å². The van der Waals surface area contributed by atoms with Gasteiger partial charge < -0.3 is 19.4 Å². The van der Waals surface area contributed by atoms with Crippen LogP contribution in [0.15, 0.2) is 73.4 Å². The van der Waals surface area contributed by atoms with E-state index in [2.05, 4.69) is 30.3 Å². The zero-order valence-electron chi connectivity index (χ0n) is 18.1. The number of nitrogens with one attached hydrogen (secondary N) is 1. The summed E-state index contributed by atoms with van der Waals surface area (Å²) in [5.41, 5.74) is 2.49. The number of esters is 1. The summed E-state index contributed by atoms with van der Waals surface area (Å²) in [7, 11) is 1.30. The maximum atomic E-state index is 12.4. The third-order valence-electron chi connectivity index (χ3n) is 5.33. The van der Waals surface area contributed by atoms with Crippen LogP contribution in [0.5, 0.6) is 0 Å². The highest BCUT2D eigenvalue weighted by atomic mass is 16.6. The largest absolute Gasteiger partial charge is 0.467 e. The first-order valence-corrected chi connectivity index (χ1v) is 10.1. The Morgan fingerprint density at radius 2 is 1.81 bits per heavy atom. The van der Waals surface area contributed by atoms with E-state index in [0.717, 1.165) is 22.0 Å². The highest BCUT2D eigenvalue weighted by Gasteiger charge is 2.26. The lowest BCUT2D eigenvalue weighted by atomic mass is 10.1. The van der Waals surface area contributed by atoms with Gasteiger partial charge in [-0.3, -0.25) is 0 Å². The Balaban J connectivity index is 1.81. The van der Waals surface area contributed by atoms with E-state index >= 15 is 0 Å². The summed E-state index contributed by atoms with van der Waals surface area (Å²) in [6, 6.07) is 16.4. The molecule has 0 fully saturated rings. The van der Waals surface area contributed by atoms with Crippen LogP contribution in [0.25, 0.3) is 10.9 Å². The van der Waals surface area contributed by atoms with Gasteiger partial charge in [0.25, 0.3) is 0 Å². The fourth-order valence-electron chi connectivity index (χ4n) is 3.45. The number of nitrogens with zero attached hydrogens (tertiary/aromatic N) is 1. The third kappa shape index (κ3) is 5.15. The second kappa shape index (κ2) is 9.51. The van der Waals surface area contributed by atoms with Gasteiger partial charge in [-0.15, -0.1) is 6.58 Å². The van der Waals surface area contributed by atoms with Crippen molar-refractivity contribution >= 4 is 23.0 Å². The highest BCUT2D eigenvalue weighted by molar-refractivity contribution is 5.87. The summed E-state index contributed by atoms with van der Waals surface area (Å²) in [6.45, 7) is 8.19. The Labute approximate surface area is 182 Å². The fraction of sp³-hybridized carbons (Fsp3) is 0.280. The van der Waals surface area contributed by atoms with Gasteiger partial charge >= 0.3 is 12.1 Å². The molecule has 3 aromatic rings. The molecule has 1 atom stereocenters. The average molecular weight is 421 g/mol. The van der Waals surface area contributed by atoms with Crippen LogP contribution in [0.1, 0.15) is 25.0 Å². The van der Waals surface area contributed by atoms with Crippen molar-refractivity contribution in [3.05, 3.63) is 84.6 Å². The van der Waals surface area contributed by atoms with Gasteiger partial charge in [0.1, 0.15) is 12.6 Å². The number of aromatic nitrogens is 1. The van der Waals surface area contributed by atoms with Crippen LogP contribution in [-0.4, -0.2) is 29.8 Å². The van der Waals surface area contributed by atoms with Crippen molar-refractivity contribution in [2.75, 3.05) is 7.11 Å². The summed E-state index contributed by atoms with van der Waals surface area (Å²) >= 11 is 0. The molecule has 1 unspecified atom stereocenters. The van der Waals surface area contributed by atoms with Gasteiger partial charge in [-0.25, -0.2) is 9.59 Å². The topological polar surface area (TPSA) is 69.6 Å². The molecule has 0 spiro atoms. The van der Waals surface area contributed by atoms with Gasteiger partial charge in [0.15, 0.2) is 0 Å². The molecule has 1 aromatic heterocycles. The molecule has 31 heavy (non-hydrogen) atoms. The van der Waals surface area contributed by atoms with Crippen molar-refractivity contribution in [3.63, 3.8) is 0 Å². The molecule has 2 aromatic carbocycles. The quantitative estimate of drug-likeness (QED) is 0.428. The standard InChI is InChI=1S/C25H28N2O4/c1-5-25(2,3)27-16-19(20-13-9-10-14-22(20)27)15-21(23(28)30-4)26-24(29)31-17-18-11-7-6-8-12-18/h5-14,16,21H,1,15,17H2,2-4H3,(H,26,29). The number of benzene rings is 2. The number of methoxy groups -OCH3 is 1. The van der Waals surface area contributed by atoms with Crippen LogP contribution in [0.3, 0.4) is 0 Å². The van der Waals surface area contributed by atoms with Gasteiger partial charge in [0.2, 0.25) is 0 Å². The smallest absolute Gasteiger partial charge is 0.408 e. The number of rotatable bonds is 8. The predicted octanol–water partition coefficient (Wildman–Crippen LogP) is 4.57. The van der Waals surface area contributed by atoms with Crippen LogP contribution in [0, 0.1) is 0 Å². The molecule has 6 nitrogen and oxygen atoms in total. The molecule has 1 heterocycles. The van der Waals surface area contributed by atoms with E-state index in [-0.39, 0.29) is 18.6 Å². The fourth-order valence-corrected chi connectivity index (χ4v) is 3.45. The Morgan fingerprint density at radius 3 is 2.48 bits per heavy atom. The second-order valence-electron chi connectivity index (χ2n) is 7.89. The molecular formula is C25H28N2O4. The van der Waals surface area contributed by atoms with Crippen LogP contribution in [-0.2, 0) is 32.8 Å². The monoisotopic (exact) mass is 420 g/mol. The number of allylic oxidation sites excluding steroid dienone is 1. The van der Waals surface area contributed by atoms with Gasteiger partial charge in [0.05, 0.1) is 12.6 Å². The van der Waals surface area contributed by atoms with Crippen LogP contribution in [0.2, 0.25) is 0 Å². The number of alkyl carbamates (subject to hydrolysis) is 1.